The molecule has 0 fully saturated rings. The number of carbonyl (C=O) groups is 2. The maximum absolute atomic E-state index is 14.5. The summed E-state index contributed by atoms with van der Waals surface area (Å²) in [4.78, 5) is 28.2. The van der Waals surface area contributed by atoms with Gasteiger partial charge in [-0.1, -0.05) is 60.7 Å². The van der Waals surface area contributed by atoms with Gasteiger partial charge in [0, 0.05) is 0 Å². The molecule has 0 bridgehead atoms. The Bertz CT molecular complexity index is 1100. The highest BCUT2D eigenvalue weighted by molar-refractivity contribution is 6.21. The van der Waals surface area contributed by atoms with Crippen LogP contribution in [0.4, 0.5) is 14.9 Å². The molecule has 3 aromatic rings. The van der Waals surface area contributed by atoms with Crippen molar-refractivity contribution in [3.8, 4) is 0 Å². The molecule has 2 amide bonds. The molecular weight excluding hydrogens is 405 g/mol. The van der Waals surface area contributed by atoms with Crippen molar-refractivity contribution in [2.45, 2.75) is 44.6 Å². The molecule has 4 nitrogen and oxygen atoms in total. The molecule has 1 aliphatic heterocycles. The van der Waals surface area contributed by atoms with E-state index >= 15 is 0 Å². The largest absolute Gasteiger partial charge is 0.443 e. The van der Waals surface area contributed by atoms with Gasteiger partial charge in [-0.15, -0.1) is 0 Å². The molecule has 0 saturated heterocycles. The summed E-state index contributed by atoms with van der Waals surface area (Å²) in [6.45, 7) is 5.24. The fourth-order valence-corrected chi connectivity index (χ4v) is 4.31. The van der Waals surface area contributed by atoms with Crippen LogP contribution in [0, 0.1) is 5.82 Å². The summed E-state index contributed by atoms with van der Waals surface area (Å²) < 4.78 is 20.0. The first-order valence-electron chi connectivity index (χ1n) is 10.6. The van der Waals surface area contributed by atoms with Gasteiger partial charge in [-0.05, 0) is 68.5 Å². The third-order valence-electron chi connectivity index (χ3n) is 5.60. The summed E-state index contributed by atoms with van der Waals surface area (Å²) in [6.07, 6.45) is -0.0902. The average molecular weight is 432 g/mol. The molecule has 4 rings (SSSR count). The second kappa shape index (κ2) is 8.23. The molecule has 1 heterocycles. The van der Waals surface area contributed by atoms with Crippen molar-refractivity contribution in [1.29, 1.82) is 0 Å². The van der Waals surface area contributed by atoms with E-state index in [4.69, 9.17) is 4.74 Å². The minimum absolute atomic E-state index is 0.331. The zero-order chi connectivity index (χ0) is 22.9. The van der Waals surface area contributed by atoms with Gasteiger partial charge >= 0.3 is 6.09 Å². The van der Waals surface area contributed by atoms with Crippen LogP contribution < -0.4 is 4.90 Å². The maximum Gasteiger partial charge on any atom is 0.421 e. The summed E-state index contributed by atoms with van der Waals surface area (Å²) in [5.41, 5.74) is 0.813. The van der Waals surface area contributed by atoms with Gasteiger partial charge in [0.2, 0.25) is 5.91 Å². The van der Waals surface area contributed by atoms with Gasteiger partial charge in [0.25, 0.3) is 0 Å². The van der Waals surface area contributed by atoms with Crippen molar-refractivity contribution >= 4 is 17.7 Å². The van der Waals surface area contributed by atoms with E-state index in [1.165, 1.54) is 18.2 Å². The van der Waals surface area contributed by atoms with Crippen molar-refractivity contribution in [1.82, 2.24) is 0 Å². The zero-order valence-corrected chi connectivity index (χ0v) is 18.5. The second-order valence-corrected chi connectivity index (χ2v) is 9.19. The smallest absolute Gasteiger partial charge is 0.421 e. The number of nitrogens with zero attached hydrogens (tertiary/aromatic N) is 1. The molecule has 3 aromatic carbocycles. The highest BCUT2D eigenvalue weighted by Gasteiger charge is 2.54. The summed E-state index contributed by atoms with van der Waals surface area (Å²) in [5.74, 6) is -0.854. The highest BCUT2D eigenvalue weighted by atomic mass is 19.1. The van der Waals surface area contributed by atoms with Crippen LogP contribution in [0.5, 0.6) is 0 Å². The van der Waals surface area contributed by atoms with E-state index in [1.54, 1.807) is 20.8 Å². The fourth-order valence-electron chi connectivity index (χ4n) is 4.31. The van der Waals surface area contributed by atoms with E-state index in [9.17, 15) is 14.0 Å². The standard InChI is InChI=1S/C27H26FNO3/c1-26(2,3)32-25(31)29-23-15-14-21(28)16-22(23)27(24(29)30,17-19-10-6-4-7-11-19)18-20-12-8-5-9-13-20/h4-16H,17-18H2,1-3H3. The molecule has 0 N–H and O–H groups in total. The predicted octanol–water partition coefficient (Wildman–Crippen LogP) is 5.83. The number of anilines is 1. The molecule has 0 saturated carbocycles. The number of carbonyl (C=O) groups excluding carboxylic acids is 2. The number of hydrogen-bond donors (Lipinski definition) is 0. The molecule has 0 unspecified atom stereocenters. The number of fused-ring (bicyclic) bond motifs is 1. The topological polar surface area (TPSA) is 46.6 Å². The van der Waals surface area contributed by atoms with Gasteiger partial charge in [0.05, 0.1) is 11.1 Å². The van der Waals surface area contributed by atoms with E-state index in [2.05, 4.69) is 0 Å². The van der Waals surface area contributed by atoms with Crippen LogP contribution in [0.15, 0.2) is 78.9 Å². The number of halogens is 1. The van der Waals surface area contributed by atoms with Gasteiger partial charge in [0.15, 0.2) is 0 Å². The van der Waals surface area contributed by atoms with E-state index in [0.717, 1.165) is 16.0 Å². The normalized spacial score (nSPS) is 14.9. The Morgan fingerprint density at radius 1 is 0.906 bits per heavy atom. The fraction of sp³-hybridized carbons (Fsp3) is 0.259. The lowest BCUT2D eigenvalue weighted by Crippen LogP contribution is -2.47. The first kappa shape index (κ1) is 21.8. The first-order chi connectivity index (χ1) is 15.2. The van der Waals surface area contributed by atoms with Crippen LogP contribution in [0.25, 0.3) is 0 Å². The number of ether oxygens (including phenoxy) is 1. The minimum atomic E-state index is -1.14. The average Bonchev–Trinajstić information content (AvgIpc) is 2.96. The van der Waals surface area contributed by atoms with Crippen LogP contribution in [0.3, 0.4) is 0 Å². The lowest BCUT2D eigenvalue weighted by Gasteiger charge is -2.30. The van der Waals surface area contributed by atoms with Crippen LogP contribution in [-0.4, -0.2) is 17.6 Å². The molecule has 32 heavy (non-hydrogen) atoms. The molecule has 0 aliphatic carbocycles. The Hall–Kier alpha value is -3.47. The number of benzene rings is 3. The van der Waals surface area contributed by atoms with E-state index in [1.807, 2.05) is 60.7 Å². The SMILES string of the molecule is CC(C)(C)OC(=O)N1C(=O)C(Cc2ccccc2)(Cc2ccccc2)c2cc(F)ccc21. The van der Waals surface area contributed by atoms with Crippen molar-refractivity contribution in [2.24, 2.45) is 0 Å². The van der Waals surface area contributed by atoms with Crippen LogP contribution in [0.2, 0.25) is 0 Å². The van der Waals surface area contributed by atoms with Gasteiger partial charge in [0.1, 0.15) is 11.4 Å². The highest BCUT2D eigenvalue weighted by Crippen LogP contribution is 2.47. The zero-order valence-electron chi connectivity index (χ0n) is 18.5. The number of hydrogen-bond acceptors (Lipinski definition) is 3. The molecule has 1 aliphatic rings. The van der Waals surface area contributed by atoms with Crippen molar-refractivity contribution in [3.63, 3.8) is 0 Å². The molecule has 164 valence electrons. The van der Waals surface area contributed by atoms with Gasteiger partial charge in [-0.3, -0.25) is 4.79 Å². The third-order valence-corrected chi connectivity index (χ3v) is 5.60. The monoisotopic (exact) mass is 431 g/mol. The van der Waals surface area contributed by atoms with Gasteiger partial charge < -0.3 is 4.74 Å². The molecule has 0 spiro atoms. The number of rotatable bonds is 4. The number of amides is 2. The van der Waals surface area contributed by atoms with Crippen LogP contribution >= 0.6 is 0 Å². The Kier molecular flexibility index (Phi) is 5.59. The van der Waals surface area contributed by atoms with Gasteiger partial charge in [-0.2, -0.15) is 0 Å². The second-order valence-electron chi connectivity index (χ2n) is 9.19. The van der Waals surface area contributed by atoms with Crippen molar-refractivity contribution in [3.05, 3.63) is 101 Å². The summed E-state index contributed by atoms with van der Waals surface area (Å²) in [6, 6.07) is 23.3. The molecule has 0 radical (unpaired) electrons. The predicted molar refractivity (Wildman–Crippen MR) is 122 cm³/mol. The quantitative estimate of drug-likeness (QED) is 0.522. The molecule has 5 heteroatoms. The van der Waals surface area contributed by atoms with Crippen molar-refractivity contribution < 1.29 is 18.7 Å². The Labute approximate surface area is 187 Å². The maximum atomic E-state index is 14.5. The molecule has 0 aromatic heterocycles. The number of imide groups is 1. The van der Waals surface area contributed by atoms with Crippen LogP contribution in [-0.2, 0) is 27.8 Å². The van der Waals surface area contributed by atoms with Crippen LogP contribution in [0.1, 0.15) is 37.5 Å². The summed E-state index contributed by atoms with van der Waals surface area (Å²) in [7, 11) is 0. The lowest BCUT2D eigenvalue weighted by atomic mass is 9.72. The summed E-state index contributed by atoms with van der Waals surface area (Å²) in [5, 5.41) is 0. The minimum Gasteiger partial charge on any atom is -0.443 e. The molecule has 0 atom stereocenters. The van der Waals surface area contributed by atoms with E-state index in [-0.39, 0.29) is 0 Å². The van der Waals surface area contributed by atoms with E-state index in [0.29, 0.717) is 24.1 Å². The third kappa shape index (κ3) is 4.15. The van der Waals surface area contributed by atoms with Crippen molar-refractivity contribution in [2.75, 3.05) is 4.90 Å². The summed E-state index contributed by atoms with van der Waals surface area (Å²) >= 11 is 0. The van der Waals surface area contributed by atoms with E-state index < -0.39 is 28.8 Å². The Morgan fingerprint density at radius 2 is 1.44 bits per heavy atom. The molecular formula is C27H26FNO3. The Balaban J connectivity index is 1.88. The lowest BCUT2D eigenvalue weighted by molar-refractivity contribution is -0.123. The first-order valence-corrected chi connectivity index (χ1v) is 10.6. The van der Waals surface area contributed by atoms with Gasteiger partial charge in [-0.25, -0.2) is 14.1 Å². The Morgan fingerprint density at radius 3 is 1.94 bits per heavy atom.